The summed E-state index contributed by atoms with van der Waals surface area (Å²) in [5.74, 6) is 0.521. The van der Waals surface area contributed by atoms with Crippen molar-refractivity contribution in [2.75, 3.05) is 6.61 Å². The highest BCUT2D eigenvalue weighted by atomic mass is 35.5. The number of halogens is 2. The summed E-state index contributed by atoms with van der Waals surface area (Å²) >= 11 is 12.3. The molecule has 1 nitrogen and oxygen atoms in total. The molecule has 0 radical (unpaired) electrons. The Labute approximate surface area is 84.4 Å². The highest BCUT2D eigenvalue weighted by Crippen LogP contribution is 2.36. The molecule has 1 aliphatic rings. The molecule has 0 spiro atoms. The van der Waals surface area contributed by atoms with E-state index in [2.05, 4.69) is 13.8 Å². The van der Waals surface area contributed by atoms with Crippen LogP contribution in [-0.4, -0.2) is 23.0 Å². The maximum Gasteiger partial charge on any atom is 0.0759 e. The van der Waals surface area contributed by atoms with E-state index in [9.17, 15) is 0 Å². The fourth-order valence-corrected chi connectivity index (χ4v) is 1.77. The summed E-state index contributed by atoms with van der Waals surface area (Å²) < 4.78 is 5.57. The van der Waals surface area contributed by atoms with Crippen molar-refractivity contribution < 1.29 is 4.74 Å². The first kappa shape index (κ1) is 10.6. The Morgan fingerprint density at radius 3 is 2.50 bits per heavy atom. The van der Waals surface area contributed by atoms with Crippen LogP contribution in [0.4, 0.5) is 0 Å². The molecule has 0 aromatic carbocycles. The van der Waals surface area contributed by atoms with Gasteiger partial charge >= 0.3 is 0 Å². The van der Waals surface area contributed by atoms with Crippen molar-refractivity contribution in [3.63, 3.8) is 0 Å². The average molecular weight is 211 g/mol. The van der Waals surface area contributed by atoms with Crippen LogP contribution in [-0.2, 0) is 4.74 Å². The van der Waals surface area contributed by atoms with E-state index in [-0.39, 0.29) is 16.4 Å². The van der Waals surface area contributed by atoms with E-state index in [4.69, 9.17) is 27.9 Å². The first-order valence-electron chi connectivity index (χ1n) is 4.38. The van der Waals surface area contributed by atoms with Crippen LogP contribution in [0.3, 0.4) is 0 Å². The van der Waals surface area contributed by atoms with Crippen LogP contribution < -0.4 is 0 Å². The predicted octanol–water partition coefficient (Wildman–Crippen LogP) is 3.04. The summed E-state index contributed by atoms with van der Waals surface area (Å²) in [5, 5.41) is -0.0610. The summed E-state index contributed by atoms with van der Waals surface area (Å²) in [5.41, 5.74) is 0. The molecular weight excluding hydrogens is 195 g/mol. The van der Waals surface area contributed by atoms with Crippen molar-refractivity contribution in [1.82, 2.24) is 0 Å². The highest BCUT2D eigenvalue weighted by molar-refractivity contribution is 6.32. The summed E-state index contributed by atoms with van der Waals surface area (Å²) in [7, 11) is 0. The predicted molar refractivity (Wildman–Crippen MR) is 53.1 cm³/mol. The molecule has 0 saturated carbocycles. The second-order valence-corrected chi connectivity index (χ2v) is 5.46. The van der Waals surface area contributed by atoms with Crippen LogP contribution >= 0.6 is 23.2 Å². The highest BCUT2D eigenvalue weighted by Gasteiger charge is 2.39. The molecular formula is C9H16Cl2O. The minimum Gasteiger partial charge on any atom is -0.376 e. The third-order valence-electron chi connectivity index (χ3n) is 2.45. The van der Waals surface area contributed by atoms with Gasteiger partial charge in [0.05, 0.1) is 23.0 Å². The topological polar surface area (TPSA) is 9.23 Å². The van der Waals surface area contributed by atoms with Crippen molar-refractivity contribution in [2.24, 2.45) is 5.92 Å². The van der Waals surface area contributed by atoms with Gasteiger partial charge in [-0.05, 0) is 19.3 Å². The zero-order chi connectivity index (χ0) is 9.35. The lowest BCUT2D eigenvalue weighted by atomic mass is 9.90. The molecule has 0 N–H and O–H groups in total. The number of hydrogen-bond donors (Lipinski definition) is 0. The molecule has 0 aromatic rings. The van der Waals surface area contributed by atoms with Gasteiger partial charge in [-0.25, -0.2) is 0 Å². The molecule has 0 aromatic heterocycles. The monoisotopic (exact) mass is 210 g/mol. The summed E-state index contributed by atoms with van der Waals surface area (Å²) in [6, 6.07) is 0. The molecule has 1 heterocycles. The standard InChI is InChI=1S/C9H16Cl2O/c1-6(2)7-4-9(3,11)8(10)5-12-7/h6-8H,4-5H2,1-3H3. The Balaban J connectivity index is 2.57. The fourth-order valence-electron chi connectivity index (χ4n) is 1.39. The normalized spacial score (nSPS) is 43.5. The first-order valence-corrected chi connectivity index (χ1v) is 5.19. The van der Waals surface area contributed by atoms with Gasteiger partial charge in [-0.15, -0.1) is 23.2 Å². The molecule has 3 heteroatoms. The van der Waals surface area contributed by atoms with Gasteiger partial charge in [-0.1, -0.05) is 13.8 Å². The van der Waals surface area contributed by atoms with E-state index in [0.717, 1.165) is 6.42 Å². The molecule has 1 rings (SSSR count). The van der Waals surface area contributed by atoms with Crippen LogP contribution in [0.2, 0.25) is 0 Å². The fraction of sp³-hybridized carbons (Fsp3) is 1.00. The largest absolute Gasteiger partial charge is 0.376 e. The van der Waals surface area contributed by atoms with Gasteiger partial charge in [0.1, 0.15) is 0 Å². The summed E-state index contributed by atoms with van der Waals surface area (Å²) in [6.07, 6.45) is 1.11. The molecule has 0 aliphatic carbocycles. The molecule has 1 saturated heterocycles. The lowest BCUT2D eigenvalue weighted by Crippen LogP contribution is -2.45. The van der Waals surface area contributed by atoms with Crippen molar-refractivity contribution in [3.8, 4) is 0 Å². The Kier molecular flexibility index (Phi) is 3.30. The molecule has 0 amide bonds. The van der Waals surface area contributed by atoms with E-state index in [1.807, 2.05) is 6.92 Å². The minimum atomic E-state index is -0.297. The third kappa shape index (κ3) is 2.27. The smallest absolute Gasteiger partial charge is 0.0759 e. The zero-order valence-corrected chi connectivity index (χ0v) is 9.32. The molecule has 72 valence electrons. The molecule has 0 bridgehead atoms. The van der Waals surface area contributed by atoms with Crippen LogP contribution in [0.15, 0.2) is 0 Å². The van der Waals surface area contributed by atoms with Crippen LogP contribution in [0.1, 0.15) is 27.2 Å². The maximum atomic E-state index is 6.25. The van der Waals surface area contributed by atoms with Gasteiger partial charge in [0, 0.05) is 0 Å². The lowest BCUT2D eigenvalue weighted by Gasteiger charge is -2.38. The van der Waals surface area contributed by atoms with Crippen LogP contribution in [0.5, 0.6) is 0 Å². The van der Waals surface area contributed by atoms with Gasteiger partial charge < -0.3 is 4.74 Å². The van der Waals surface area contributed by atoms with Gasteiger partial charge in [0.15, 0.2) is 0 Å². The summed E-state index contributed by atoms with van der Waals surface area (Å²) in [6.45, 7) is 6.85. The van der Waals surface area contributed by atoms with Crippen molar-refractivity contribution in [3.05, 3.63) is 0 Å². The minimum absolute atomic E-state index is 0.0610. The Morgan fingerprint density at radius 1 is 1.50 bits per heavy atom. The number of hydrogen-bond acceptors (Lipinski definition) is 1. The van der Waals surface area contributed by atoms with Crippen molar-refractivity contribution in [1.29, 1.82) is 0 Å². The van der Waals surface area contributed by atoms with Crippen molar-refractivity contribution >= 4 is 23.2 Å². The molecule has 1 fully saturated rings. The number of rotatable bonds is 1. The van der Waals surface area contributed by atoms with Gasteiger partial charge in [0.2, 0.25) is 0 Å². The van der Waals surface area contributed by atoms with Gasteiger partial charge in [-0.3, -0.25) is 0 Å². The second-order valence-electron chi connectivity index (χ2n) is 4.07. The quantitative estimate of drug-likeness (QED) is 0.605. The Morgan fingerprint density at radius 2 is 2.08 bits per heavy atom. The van der Waals surface area contributed by atoms with Crippen molar-refractivity contribution in [2.45, 2.75) is 43.5 Å². The van der Waals surface area contributed by atoms with Crippen LogP contribution in [0.25, 0.3) is 0 Å². The Bertz CT molecular complexity index is 157. The van der Waals surface area contributed by atoms with E-state index >= 15 is 0 Å². The SMILES string of the molecule is CC(C)C1CC(C)(Cl)C(Cl)CO1. The summed E-state index contributed by atoms with van der Waals surface area (Å²) in [4.78, 5) is -0.297. The average Bonchev–Trinajstić information content (AvgIpc) is 1.94. The van der Waals surface area contributed by atoms with Gasteiger partial charge in [0.25, 0.3) is 0 Å². The molecule has 3 unspecified atom stereocenters. The van der Waals surface area contributed by atoms with Crippen LogP contribution in [0, 0.1) is 5.92 Å². The van der Waals surface area contributed by atoms with E-state index < -0.39 is 0 Å². The number of alkyl halides is 2. The van der Waals surface area contributed by atoms with E-state index in [1.165, 1.54) is 0 Å². The molecule has 1 aliphatic heterocycles. The lowest BCUT2D eigenvalue weighted by molar-refractivity contribution is -0.0216. The second kappa shape index (κ2) is 3.73. The Hall–Kier alpha value is 0.540. The zero-order valence-electron chi connectivity index (χ0n) is 7.81. The molecule has 3 atom stereocenters. The first-order chi connectivity index (χ1) is 5.43. The maximum absolute atomic E-state index is 6.25. The van der Waals surface area contributed by atoms with Gasteiger partial charge in [-0.2, -0.15) is 0 Å². The van der Waals surface area contributed by atoms with E-state index in [1.54, 1.807) is 0 Å². The molecule has 12 heavy (non-hydrogen) atoms. The third-order valence-corrected chi connectivity index (χ3v) is 3.59. The number of ether oxygens (including phenoxy) is 1. The van der Waals surface area contributed by atoms with E-state index in [0.29, 0.717) is 12.5 Å².